The summed E-state index contributed by atoms with van der Waals surface area (Å²) in [4.78, 5) is 28.8. The lowest BCUT2D eigenvalue weighted by Gasteiger charge is -2.47. The Morgan fingerprint density at radius 1 is 1.15 bits per heavy atom. The fourth-order valence-corrected chi connectivity index (χ4v) is 6.78. The van der Waals surface area contributed by atoms with E-state index in [1.165, 1.54) is 25.0 Å². The molecule has 1 atom stereocenters. The molecule has 4 aromatic rings. The van der Waals surface area contributed by atoms with Crippen LogP contribution in [0.4, 0.5) is 4.39 Å². The predicted octanol–water partition coefficient (Wildman–Crippen LogP) is 4.08. The topological polar surface area (TPSA) is 104 Å². The standard InChI is InChI=1S/C31H36FN7O2/c1-3-18-12-28(40)23(32)13-22(18)19-7-8-21-24(11-19)35-36-29(21)30-33-25-14-27(37(4-2)17-26(25)34-30)31(41)39-15-20(16-39)38-9-5-6-10-38/h7-8,11-13,20,27,40H,3-6,9-10,14-17H2,1-2H3,(H,33,34)(H,35,36)/t27-/m1/s1. The van der Waals surface area contributed by atoms with Crippen molar-refractivity contribution in [2.24, 2.45) is 0 Å². The number of carbonyl (C=O) groups is 1. The number of nitrogens with one attached hydrogen (secondary N) is 2. The number of aryl methyl sites for hydroxylation is 1. The Morgan fingerprint density at radius 3 is 2.71 bits per heavy atom. The van der Waals surface area contributed by atoms with E-state index in [0.29, 0.717) is 31.3 Å². The summed E-state index contributed by atoms with van der Waals surface area (Å²) in [5.74, 6) is -0.0744. The third-order valence-electron chi connectivity index (χ3n) is 9.23. The Labute approximate surface area is 238 Å². The molecule has 0 unspecified atom stereocenters. The van der Waals surface area contributed by atoms with E-state index in [1.54, 1.807) is 0 Å². The molecule has 1 amide bonds. The van der Waals surface area contributed by atoms with E-state index in [0.717, 1.165) is 77.4 Å². The Bertz CT molecular complexity index is 1620. The van der Waals surface area contributed by atoms with Gasteiger partial charge in [-0.2, -0.15) is 5.10 Å². The van der Waals surface area contributed by atoms with E-state index in [1.807, 2.05) is 30.0 Å². The number of halogens is 1. The first-order valence-corrected chi connectivity index (χ1v) is 14.8. The highest BCUT2D eigenvalue weighted by molar-refractivity contribution is 5.94. The number of fused-ring (bicyclic) bond motifs is 2. The van der Waals surface area contributed by atoms with E-state index in [2.05, 4.69) is 31.9 Å². The van der Waals surface area contributed by atoms with Gasteiger partial charge in [0, 0.05) is 37.5 Å². The monoisotopic (exact) mass is 557 g/mol. The van der Waals surface area contributed by atoms with Crippen molar-refractivity contribution >= 4 is 16.8 Å². The summed E-state index contributed by atoms with van der Waals surface area (Å²) in [7, 11) is 0. The van der Waals surface area contributed by atoms with Gasteiger partial charge in [0.25, 0.3) is 0 Å². The number of imidazole rings is 1. The highest BCUT2D eigenvalue weighted by atomic mass is 19.1. The molecule has 7 rings (SSSR count). The van der Waals surface area contributed by atoms with Gasteiger partial charge in [-0.15, -0.1) is 0 Å². The fraction of sp³-hybridized carbons (Fsp3) is 0.452. The van der Waals surface area contributed by atoms with Crippen LogP contribution in [0.15, 0.2) is 30.3 Å². The van der Waals surface area contributed by atoms with Gasteiger partial charge in [-0.05, 0) is 79.9 Å². The minimum atomic E-state index is -0.637. The van der Waals surface area contributed by atoms with Crippen LogP contribution in [0.2, 0.25) is 0 Å². The van der Waals surface area contributed by atoms with Crippen LogP contribution in [0.5, 0.6) is 5.75 Å². The van der Waals surface area contributed by atoms with Crippen LogP contribution in [0.3, 0.4) is 0 Å². The number of aromatic hydroxyl groups is 1. The number of H-pyrrole nitrogens is 2. The van der Waals surface area contributed by atoms with Crippen molar-refractivity contribution in [3.05, 3.63) is 53.1 Å². The molecule has 0 bridgehead atoms. The largest absolute Gasteiger partial charge is 0.505 e. The molecule has 3 N–H and O–H groups in total. The number of aromatic nitrogens is 4. The molecule has 3 aliphatic heterocycles. The number of nitrogens with zero attached hydrogens (tertiary/aromatic N) is 5. The van der Waals surface area contributed by atoms with Gasteiger partial charge in [-0.1, -0.05) is 19.9 Å². The smallest absolute Gasteiger partial charge is 0.240 e. The maximum atomic E-state index is 14.2. The van der Waals surface area contributed by atoms with Crippen LogP contribution in [-0.2, 0) is 24.2 Å². The summed E-state index contributed by atoms with van der Waals surface area (Å²) in [5.41, 5.74) is 5.96. The van der Waals surface area contributed by atoms with Gasteiger partial charge in [-0.3, -0.25) is 19.7 Å². The van der Waals surface area contributed by atoms with Crippen molar-refractivity contribution in [3.8, 4) is 28.4 Å². The number of carbonyl (C=O) groups excluding carboxylic acids is 1. The molecule has 9 nitrogen and oxygen atoms in total. The number of phenolic OH excluding ortho intramolecular Hbond substituents is 1. The van der Waals surface area contributed by atoms with Gasteiger partial charge in [-0.25, -0.2) is 9.37 Å². The summed E-state index contributed by atoms with van der Waals surface area (Å²) in [5, 5.41) is 18.4. The number of rotatable bonds is 6. The summed E-state index contributed by atoms with van der Waals surface area (Å²) in [6.45, 7) is 9.52. The molecule has 10 heteroatoms. The lowest BCUT2D eigenvalue weighted by molar-refractivity contribution is -0.145. The minimum Gasteiger partial charge on any atom is -0.505 e. The number of hydrogen-bond acceptors (Lipinski definition) is 6. The van der Waals surface area contributed by atoms with Gasteiger partial charge in [0.1, 0.15) is 5.69 Å². The first-order valence-electron chi connectivity index (χ1n) is 14.8. The van der Waals surface area contributed by atoms with E-state index in [-0.39, 0.29) is 17.7 Å². The lowest BCUT2D eigenvalue weighted by Crippen LogP contribution is -2.64. The molecule has 0 radical (unpaired) electrons. The van der Waals surface area contributed by atoms with Crippen LogP contribution in [-0.4, -0.2) is 90.7 Å². The normalized spacial score (nSPS) is 20.1. The van der Waals surface area contributed by atoms with Crippen LogP contribution >= 0.6 is 0 Å². The Morgan fingerprint density at radius 2 is 1.95 bits per heavy atom. The third kappa shape index (κ3) is 4.49. The Kier molecular flexibility index (Phi) is 6.54. The van der Waals surface area contributed by atoms with E-state index in [4.69, 9.17) is 4.98 Å². The second kappa shape index (κ2) is 10.3. The zero-order chi connectivity index (χ0) is 28.2. The summed E-state index contributed by atoms with van der Waals surface area (Å²) >= 11 is 0. The molecule has 0 aliphatic carbocycles. The van der Waals surface area contributed by atoms with Crippen molar-refractivity contribution in [3.63, 3.8) is 0 Å². The average molecular weight is 558 g/mol. The molecule has 41 heavy (non-hydrogen) atoms. The minimum absolute atomic E-state index is 0.194. The van der Waals surface area contributed by atoms with Gasteiger partial charge in [0.05, 0.1) is 22.9 Å². The van der Waals surface area contributed by atoms with E-state index in [9.17, 15) is 14.3 Å². The zero-order valence-electron chi connectivity index (χ0n) is 23.6. The summed E-state index contributed by atoms with van der Waals surface area (Å²) in [6.07, 6.45) is 3.79. The van der Waals surface area contributed by atoms with Crippen LogP contribution < -0.4 is 0 Å². The maximum Gasteiger partial charge on any atom is 0.240 e. The number of likely N-dealkylation sites (tertiary alicyclic amines) is 2. The van der Waals surface area contributed by atoms with E-state index >= 15 is 0 Å². The highest BCUT2D eigenvalue weighted by Gasteiger charge is 2.41. The summed E-state index contributed by atoms with van der Waals surface area (Å²) < 4.78 is 14.2. The van der Waals surface area contributed by atoms with Crippen LogP contribution in [0.1, 0.15) is 43.6 Å². The van der Waals surface area contributed by atoms with Crippen molar-refractivity contribution in [1.29, 1.82) is 0 Å². The second-order valence-corrected chi connectivity index (χ2v) is 11.6. The summed E-state index contributed by atoms with van der Waals surface area (Å²) in [6, 6.07) is 9.08. The van der Waals surface area contributed by atoms with Crippen LogP contribution in [0, 0.1) is 5.82 Å². The molecule has 2 aromatic carbocycles. The number of aromatic amines is 2. The van der Waals surface area contributed by atoms with Gasteiger partial charge in [0.15, 0.2) is 17.4 Å². The molecular weight excluding hydrogens is 521 g/mol. The van der Waals surface area contributed by atoms with E-state index < -0.39 is 5.82 Å². The van der Waals surface area contributed by atoms with Gasteiger partial charge in [0.2, 0.25) is 5.91 Å². The van der Waals surface area contributed by atoms with Crippen molar-refractivity contribution in [2.45, 2.75) is 58.2 Å². The highest BCUT2D eigenvalue weighted by Crippen LogP contribution is 2.34. The average Bonchev–Trinajstić information content (AvgIpc) is 3.71. The lowest BCUT2D eigenvalue weighted by atomic mass is 9.96. The van der Waals surface area contributed by atoms with Crippen molar-refractivity contribution < 1.29 is 14.3 Å². The second-order valence-electron chi connectivity index (χ2n) is 11.6. The first kappa shape index (κ1) is 26.2. The van der Waals surface area contributed by atoms with Crippen molar-refractivity contribution in [2.75, 3.05) is 32.7 Å². The molecule has 2 fully saturated rings. The number of amides is 1. The molecule has 2 aromatic heterocycles. The number of phenols is 1. The third-order valence-corrected chi connectivity index (χ3v) is 9.23. The SMILES string of the molecule is CCc1cc(O)c(F)cc1-c1ccc2c(-c3nc4c([nH]3)CN(CC)[C@@H](C(=O)N3CC(N5CCCC5)C3)C4)n[nH]c2c1. The molecule has 5 heterocycles. The Balaban J connectivity index is 1.12. The molecule has 3 aliphatic rings. The maximum absolute atomic E-state index is 14.2. The predicted molar refractivity (Wildman–Crippen MR) is 155 cm³/mol. The van der Waals surface area contributed by atoms with Gasteiger partial charge < -0.3 is 15.0 Å². The molecule has 0 spiro atoms. The van der Waals surface area contributed by atoms with Gasteiger partial charge >= 0.3 is 0 Å². The molecule has 2 saturated heterocycles. The molecule has 0 saturated carbocycles. The fourth-order valence-electron chi connectivity index (χ4n) is 6.78. The molecule has 214 valence electrons. The Hall–Kier alpha value is -3.76. The van der Waals surface area contributed by atoms with Crippen LogP contribution in [0.25, 0.3) is 33.5 Å². The number of hydrogen-bond donors (Lipinski definition) is 3. The van der Waals surface area contributed by atoms with Crippen molar-refractivity contribution in [1.82, 2.24) is 34.9 Å². The molecular formula is C31H36FN7O2. The first-order chi connectivity index (χ1) is 19.9. The number of benzene rings is 2. The number of likely N-dealkylation sites (N-methyl/N-ethyl adjacent to an activating group) is 1. The quantitative estimate of drug-likeness (QED) is 0.330. The zero-order valence-corrected chi connectivity index (χ0v) is 23.6.